The Morgan fingerprint density at radius 3 is 2.11 bits per heavy atom. The molecule has 35 heavy (non-hydrogen) atoms. The van der Waals surface area contributed by atoms with E-state index in [-0.39, 0.29) is 12.3 Å². The molecule has 0 bridgehead atoms. The van der Waals surface area contributed by atoms with Crippen LogP contribution in [0.2, 0.25) is 0 Å². The molecule has 2 heterocycles. The lowest BCUT2D eigenvalue weighted by Gasteiger charge is -2.41. The van der Waals surface area contributed by atoms with Crippen LogP contribution in [0.15, 0.2) is 82.6 Å². The first-order valence-electron chi connectivity index (χ1n) is 11.4. The lowest BCUT2D eigenvalue weighted by Crippen LogP contribution is -2.59. The fourth-order valence-electron chi connectivity index (χ4n) is 4.40. The standard InChI is InChI=1S/C27H25N3O4S/c1-27(2)26(33)28-18-9-3-4-10-19(18)30(27)24(31)17-34-25(32)15-16-29-20-11-5-7-13-22(20)35-23-14-8-6-12-21(23)29/h3-14H,15-17H2,1-2H3,(H,28,33). The maximum absolute atomic E-state index is 13.1. The van der Waals surface area contributed by atoms with Gasteiger partial charge in [0.1, 0.15) is 5.54 Å². The first kappa shape index (κ1) is 23.0. The van der Waals surface area contributed by atoms with E-state index in [1.54, 1.807) is 49.9 Å². The number of amides is 2. The topological polar surface area (TPSA) is 79.0 Å². The van der Waals surface area contributed by atoms with Crippen LogP contribution < -0.4 is 15.1 Å². The highest BCUT2D eigenvalue weighted by molar-refractivity contribution is 7.99. The molecule has 0 spiro atoms. The summed E-state index contributed by atoms with van der Waals surface area (Å²) in [5.41, 5.74) is 2.10. The van der Waals surface area contributed by atoms with Crippen LogP contribution in [0.1, 0.15) is 20.3 Å². The molecule has 2 aliphatic heterocycles. The molecular weight excluding hydrogens is 462 g/mol. The zero-order valence-electron chi connectivity index (χ0n) is 19.5. The fourth-order valence-corrected chi connectivity index (χ4v) is 5.50. The van der Waals surface area contributed by atoms with Gasteiger partial charge in [-0.15, -0.1) is 0 Å². The molecule has 1 N–H and O–H groups in total. The summed E-state index contributed by atoms with van der Waals surface area (Å²) >= 11 is 1.70. The Balaban J connectivity index is 1.26. The second-order valence-corrected chi connectivity index (χ2v) is 9.94. The molecule has 0 saturated heterocycles. The number of nitrogens with one attached hydrogen (secondary N) is 1. The van der Waals surface area contributed by atoms with Gasteiger partial charge in [0.05, 0.1) is 29.2 Å². The van der Waals surface area contributed by atoms with Crippen LogP contribution in [0.4, 0.5) is 22.7 Å². The van der Waals surface area contributed by atoms with E-state index >= 15 is 0 Å². The number of esters is 1. The number of hydrogen-bond donors (Lipinski definition) is 1. The quantitative estimate of drug-likeness (QED) is 0.511. The van der Waals surface area contributed by atoms with Gasteiger partial charge in [0.2, 0.25) is 5.91 Å². The van der Waals surface area contributed by atoms with Crippen molar-refractivity contribution in [2.75, 3.05) is 28.3 Å². The summed E-state index contributed by atoms with van der Waals surface area (Å²) in [4.78, 5) is 44.1. The van der Waals surface area contributed by atoms with Crippen molar-refractivity contribution in [1.82, 2.24) is 0 Å². The van der Waals surface area contributed by atoms with E-state index in [0.717, 1.165) is 21.2 Å². The van der Waals surface area contributed by atoms with Crippen molar-refractivity contribution in [1.29, 1.82) is 0 Å². The van der Waals surface area contributed by atoms with Crippen LogP contribution in [-0.4, -0.2) is 36.5 Å². The Labute approximate surface area is 208 Å². The minimum Gasteiger partial charge on any atom is -0.455 e. The van der Waals surface area contributed by atoms with Gasteiger partial charge in [0.15, 0.2) is 6.61 Å². The molecule has 0 atom stereocenters. The predicted octanol–water partition coefficient (Wildman–Crippen LogP) is 4.99. The average molecular weight is 488 g/mol. The van der Waals surface area contributed by atoms with E-state index in [9.17, 15) is 14.4 Å². The maximum atomic E-state index is 13.1. The SMILES string of the molecule is CC1(C)C(=O)Nc2ccccc2N1C(=O)COC(=O)CCN1c2ccccc2Sc2ccccc21. The molecule has 2 aliphatic rings. The summed E-state index contributed by atoms with van der Waals surface area (Å²) in [6.07, 6.45) is 0.112. The van der Waals surface area contributed by atoms with Crippen molar-refractivity contribution in [3.05, 3.63) is 72.8 Å². The van der Waals surface area contributed by atoms with E-state index in [2.05, 4.69) is 22.3 Å². The molecule has 3 aromatic carbocycles. The van der Waals surface area contributed by atoms with Gasteiger partial charge in [-0.1, -0.05) is 48.2 Å². The molecular formula is C27H25N3O4S. The third kappa shape index (κ3) is 4.25. The molecule has 5 rings (SSSR count). The number of para-hydroxylation sites is 4. The first-order chi connectivity index (χ1) is 16.9. The highest BCUT2D eigenvalue weighted by Crippen LogP contribution is 2.47. The van der Waals surface area contributed by atoms with E-state index in [1.165, 1.54) is 4.90 Å². The average Bonchev–Trinajstić information content (AvgIpc) is 2.85. The normalized spacial score (nSPS) is 15.4. The Kier molecular flexibility index (Phi) is 5.98. The monoisotopic (exact) mass is 487 g/mol. The summed E-state index contributed by atoms with van der Waals surface area (Å²) in [6.45, 7) is 3.32. The van der Waals surface area contributed by atoms with Crippen molar-refractivity contribution >= 4 is 52.3 Å². The number of rotatable bonds is 5. The number of fused-ring (bicyclic) bond motifs is 3. The van der Waals surface area contributed by atoms with Gasteiger partial charge < -0.3 is 15.0 Å². The van der Waals surface area contributed by atoms with Crippen LogP contribution >= 0.6 is 11.8 Å². The summed E-state index contributed by atoms with van der Waals surface area (Å²) in [5.74, 6) is -1.22. The zero-order chi connectivity index (χ0) is 24.6. The second kappa shape index (κ2) is 9.11. The van der Waals surface area contributed by atoms with Gasteiger partial charge in [0.25, 0.3) is 5.91 Å². The maximum Gasteiger partial charge on any atom is 0.308 e. The van der Waals surface area contributed by atoms with E-state index < -0.39 is 24.0 Å². The van der Waals surface area contributed by atoms with Gasteiger partial charge in [-0.25, -0.2) is 0 Å². The lowest BCUT2D eigenvalue weighted by molar-refractivity contribution is -0.148. The van der Waals surface area contributed by atoms with Gasteiger partial charge in [-0.2, -0.15) is 0 Å². The Morgan fingerprint density at radius 1 is 0.886 bits per heavy atom. The molecule has 3 aromatic rings. The van der Waals surface area contributed by atoms with Crippen molar-refractivity contribution in [3.8, 4) is 0 Å². The molecule has 0 saturated carbocycles. The highest BCUT2D eigenvalue weighted by atomic mass is 32.2. The summed E-state index contributed by atoms with van der Waals surface area (Å²) in [6, 6.07) is 23.2. The molecule has 0 fully saturated rings. The summed E-state index contributed by atoms with van der Waals surface area (Å²) in [7, 11) is 0. The van der Waals surface area contributed by atoms with E-state index in [4.69, 9.17) is 4.74 Å². The van der Waals surface area contributed by atoms with Crippen molar-refractivity contribution in [3.63, 3.8) is 0 Å². The third-order valence-corrected chi connectivity index (χ3v) is 7.32. The van der Waals surface area contributed by atoms with E-state index in [1.807, 2.05) is 36.4 Å². The van der Waals surface area contributed by atoms with Crippen LogP contribution in [0.3, 0.4) is 0 Å². The largest absolute Gasteiger partial charge is 0.455 e. The number of carbonyl (C=O) groups excluding carboxylic acids is 3. The van der Waals surface area contributed by atoms with Crippen LogP contribution in [0.5, 0.6) is 0 Å². The van der Waals surface area contributed by atoms with Gasteiger partial charge in [-0.3, -0.25) is 19.3 Å². The number of ether oxygens (including phenoxy) is 1. The molecule has 178 valence electrons. The van der Waals surface area contributed by atoms with Crippen LogP contribution in [-0.2, 0) is 19.1 Å². The smallest absolute Gasteiger partial charge is 0.308 e. The highest BCUT2D eigenvalue weighted by Gasteiger charge is 2.43. The first-order valence-corrected chi connectivity index (χ1v) is 12.2. The van der Waals surface area contributed by atoms with E-state index in [0.29, 0.717) is 17.9 Å². The fraction of sp³-hybridized carbons (Fsp3) is 0.222. The minimum atomic E-state index is -1.11. The number of carbonyl (C=O) groups is 3. The third-order valence-electron chi connectivity index (χ3n) is 6.19. The molecule has 8 heteroatoms. The Hall–Kier alpha value is -3.78. The molecule has 7 nitrogen and oxygen atoms in total. The number of benzene rings is 3. The van der Waals surface area contributed by atoms with Crippen molar-refractivity contribution in [2.24, 2.45) is 0 Å². The van der Waals surface area contributed by atoms with Crippen LogP contribution in [0.25, 0.3) is 0 Å². The summed E-state index contributed by atoms with van der Waals surface area (Å²) < 4.78 is 5.37. The number of anilines is 4. The molecule has 0 unspecified atom stereocenters. The van der Waals surface area contributed by atoms with Crippen LogP contribution in [0, 0.1) is 0 Å². The molecule has 0 aromatic heterocycles. The minimum absolute atomic E-state index is 0.112. The second-order valence-electron chi connectivity index (χ2n) is 8.86. The van der Waals surface area contributed by atoms with Crippen molar-refractivity contribution < 1.29 is 19.1 Å². The van der Waals surface area contributed by atoms with Gasteiger partial charge in [0, 0.05) is 16.3 Å². The number of hydrogen-bond acceptors (Lipinski definition) is 6. The molecule has 0 aliphatic carbocycles. The van der Waals surface area contributed by atoms with Crippen molar-refractivity contribution in [2.45, 2.75) is 35.6 Å². The van der Waals surface area contributed by atoms with Gasteiger partial charge in [-0.05, 0) is 50.2 Å². The summed E-state index contributed by atoms with van der Waals surface area (Å²) in [5, 5.41) is 2.83. The predicted molar refractivity (Wildman–Crippen MR) is 136 cm³/mol. The number of nitrogens with zero attached hydrogens (tertiary/aromatic N) is 2. The zero-order valence-corrected chi connectivity index (χ0v) is 20.3. The Morgan fingerprint density at radius 2 is 1.46 bits per heavy atom. The lowest BCUT2D eigenvalue weighted by atomic mass is 9.96. The molecule has 2 amide bonds. The molecule has 0 radical (unpaired) electrons. The van der Waals surface area contributed by atoms with Gasteiger partial charge >= 0.3 is 5.97 Å². The Bertz CT molecular complexity index is 1280.